The van der Waals surface area contributed by atoms with Crippen molar-refractivity contribution in [2.75, 3.05) is 19.7 Å². The van der Waals surface area contributed by atoms with Crippen molar-refractivity contribution in [3.05, 3.63) is 0 Å². The third kappa shape index (κ3) is 2.11. The summed E-state index contributed by atoms with van der Waals surface area (Å²) in [5.41, 5.74) is 0. The number of aldehydes is 1. The van der Waals surface area contributed by atoms with Crippen LogP contribution in [0.15, 0.2) is 0 Å². The molecule has 3 nitrogen and oxygen atoms in total. The van der Waals surface area contributed by atoms with E-state index in [1.54, 1.807) is 0 Å². The SMILES string of the molecule is O=CC[C@@H]1CNCCO1. The van der Waals surface area contributed by atoms with Crippen molar-refractivity contribution in [2.45, 2.75) is 12.5 Å². The molecule has 1 fully saturated rings. The van der Waals surface area contributed by atoms with E-state index in [0.29, 0.717) is 6.42 Å². The molecule has 0 radical (unpaired) electrons. The molecule has 0 saturated carbocycles. The first-order valence-corrected chi connectivity index (χ1v) is 3.19. The fourth-order valence-electron chi connectivity index (χ4n) is 0.878. The van der Waals surface area contributed by atoms with Gasteiger partial charge in [-0.1, -0.05) is 0 Å². The molecule has 52 valence electrons. The third-order valence-electron chi connectivity index (χ3n) is 1.36. The van der Waals surface area contributed by atoms with Crippen LogP contribution < -0.4 is 5.32 Å². The Hall–Kier alpha value is -0.410. The number of hydrogen-bond donors (Lipinski definition) is 1. The predicted octanol–water partition coefficient (Wildman–Crippen LogP) is -0.436. The highest BCUT2D eigenvalue weighted by Crippen LogP contribution is 1.97. The molecule has 1 N–H and O–H groups in total. The summed E-state index contributed by atoms with van der Waals surface area (Å²) >= 11 is 0. The van der Waals surface area contributed by atoms with Crippen molar-refractivity contribution in [1.82, 2.24) is 5.32 Å². The van der Waals surface area contributed by atoms with Crippen LogP contribution in [0.5, 0.6) is 0 Å². The molecule has 0 unspecified atom stereocenters. The van der Waals surface area contributed by atoms with Gasteiger partial charge in [-0.05, 0) is 0 Å². The molecule has 0 aliphatic carbocycles. The molecule has 0 bridgehead atoms. The number of hydrogen-bond acceptors (Lipinski definition) is 3. The van der Waals surface area contributed by atoms with E-state index in [9.17, 15) is 4.79 Å². The molecule has 1 aliphatic rings. The fourth-order valence-corrected chi connectivity index (χ4v) is 0.878. The van der Waals surface area contributed by atoms with Gasteiger partial charge in [0.25, 0.3) is 0 Å². The van der Waals surface area contributed by atoms with E-state index in [0.717, 1.165) is 26.0 Å². The van der Waals surface area contributed by atoms with Gasteiger partial charge in [-0.15, -0.1) is 0 Å². The molecule has 1 heterocycles. The van der Waals surface area contributed by atoms with Crippen LogP contribution in [0.1, 0.15) is 6.42 Å². The maximum Gasteiger partial charge on any atom is 0.122 e. The Kier molecular flexibility index (Phi) is 2.67. The molecular weight excluding hydrogens is 118 g/mol. The number of nitrogens with one attached hydrogen (secondary N) is 1. The number of morpholine rings is 1. The second kappa shape index (κ2) is 3.58. The predicted molar refractivity (Wildman–Crippen MR) is 33.3 cm³/mol. The van der Waals surface area contributed by atoms with Gasteiger partial charge in [0.2, 0.25) is 0 Å². The first-order chi connectivity index (χ1) is 4.43. The number of rotatable bonds is 2. The smallest absolute Gasteiger partial charge is 0.122 e. The Balaban J connectivity index is 2.15. The van der Waals surface area contributed by atoms with Gasteiger partial charge in [-0.2, -0.15) is 0 Å². The Morgan fingerprint density at radius 3 is 3.22 bits per heavy atom. The summed E-state index contributed by atoms with van der Waals surface area (Å²) in [5, 5.41) is 3.14. The van der Waals surface area contributed by atoms with Crippen molar-refractivity contribution >= 4 is 6.29 Å². The molecule has 0 aromatic heterocycles. The minimum Gasteiger partial charge on any atom is -0.375 e. The summed E-state index contributed by atoms with van der Waals surface area (Å²) in [4.78, 5) is 9.97. The van der Waals surface area contributed by atoms with E-state index in [2.05, 4.69) is 5.32 Å². The zero-order valence-electron chi connectivity index (χ0n) is 5.30. The Morgan fingerprint density at radius 2 is 2.67 bits per heavy atom. The average molecular weight is 129 g/mol. The highest BCUT2D eigenvalue weighted by Gasteiger charge is 2.11. The highest BCUT2D eigenvalue weighted by atomic mass is 16.5. The van der Waals surface area contributed by atoms with Crippen molar-refractivity contribution in [2.24, 2.45) is 0 Å². The van der Waals surface area contributed by atoms with Crippen molar-refractivity contribution in [3.63, 3.8) is 0 Å². The first-order valence-electron chi connectivity index (χ1n) is 3.19. The summed E-state index contributed by atoms with van der Waals surface area (Å²) < 4.78 is 5.22. The van der Waals surface area contributed by atoms with Gasteiger partial charge in [0.1, 0.15) is 6.29 Å². The average Bonchev–Trinajstić information content (AvgIpc) is 1.91. The third-order valence-corrected chi connectivity index (χ3v) is 1.36. The van der Waals surface area contributed by atoms with Crippen LogP contribution in [0.4, 0.5) is 0 Å². The first kappa shape index (κ1) is 6.71. The van der Waals surface area contributed by atoms with Gasteiger partial charge >= 0.3 is 0 Å². The van der Waals surface area contributed by atoms with E-state index in [4.69, 9.17) is 4.74 Å². The lowest BCUT2D eigenvalue weighted by Crippen LogP contribution is -2.38. The van der Waals surface area contributed by atoms with E-state index in [1.165, 1.54) is 0 Å². The molecule has 0 amide bonds. The van der Waals surface area contributed by atoms with E-state index >= 15 is 0 Å². The van der Waals surface area contributed by atoms with Gasteiger partial charge in [-0.25, -0.2) is 0 Å². The van der Waals surface area contributed by atoms with Crippen LogP contribution in [0.25, 0.3) is 0 Å². The lowest BCUT2D eigenvalue weighted by atomic mass is 10.2. The number of ether oxygens (including phenoxy) is 1. The number of carbonyl (C=O) groups excluding carboxylic acids is 1. The molecule has 1 rings (SSSR count). The molecule has 3 heteroatoms. The van der Waals surface area contributed by atoms with Crippen molar-refractivity contribution in [1.29, 1.82) is 0 Å². The highest BCUT2D eigenvalue weighted by molar-refractivity contribution is 5.50. The summed E-state index contributed by atoms with van der Waals surface area (Å²) in [6, 6.07) is 0. The Bertz CT molecular complexity index is 89.1. The van der Waals surface area contributed by atoms with E-state index < -0.39 is 0 Å². The molecule has 1 atom stereocenters. The fraction of sp³-hybridized carbons (Fsp3) is 0.833. The largest absolute Gasteiger partial charge is 0.375 e. The lowest BCUT2D eigenvalue weighted by molar-refractivity contribution is -0.110. The minimum absolute atomic E-state index is 0.122. The lowest BCUT2D eigenvalue weighted by Gasteiger charge is -2.21. The molecule has 0 spiro atoms. The zero-order valence-corrected chi connectivity index (χ0v) is 5.30. The quantitative estimate of drug-likeness (QED) is 0.514. The second-order valence-corrected chi connectivity index (χ2v) is 2.10. The van der Waals surface area contributed by atoms with Gasteiger partial charge in [0.15, 0.2) is 0 Å². The van der Waals surface area contributed by atoms with Crippen LogP contribution in [-0.4, -0.2) is 32.1 Å². The molecule has 1 saturated heterocycles. The van der Waals surface area contributed by atoms with Gasteiger partial charge < -0.3 is 14.8 Å². The Labute approximate surface area is 54.4 Å². The van der Waals surface area contributed by atoms with Crippen LogP contribution in [0.2, 0.25) is 0 Å². The second-order valence-electron chi connectivity index (χ2n) is 2.10. The summed E-state index contributed by atoms with van der Waals surface area (Å²) in [5.74, 6) is 0. The summed E-state index contributed by atoms with van der Waals surface area (Å²) in [6.45, 7) is 2.46. The monoisotopic (exact) mass is 129 g/mol. The van der Waals surface area contributed by atoms with Crippen molar-refractivity contribution in [3.8, 4) is 0 Å². The van der Waals surface area contributed by atoms with E-state index in [-0.39, 0.29) is 6.10 Å². The standard InChI is InChI=1S/C6H11NO2/c8-3-1-6-5-7-2-4-9-6/h3,6-7H,1-2,4-5H2/t6-/m1/s1. The molecular formula is C6H11NO2. The Morgan fingerprint density at radius 1 is 1.78 bits per heavy atom. The summed E-state index contributed by atoms with van der Waals surface area (Å²) in [7, 11) is 0. The molecule has 0 aromatic carbocycles. The van der Waals surface area contributed by atoms with E-state index in [1.807, 2.05) is 0 Å². The zero-order chi connectivity index (χ0) is 6.53. The van der Waals surface area contributed by atoms with Gasteiger partial charge in [0, 0.05) is 19.5 Å². The maximum atomic E-state index is 9.97. The normalized spacial score (nSPS) is 27.8. The van der Waals surface area contributed by atoms with Crippen LogP contribution in [0, 0.1) is 0 Å². The molecule has 0 aromatic rings. The minimum atomic E-state index is 0.122. The van der Waals surface area contributed by atoms with Crippen LogP contribution >= 0.6 is 0 Å². The number of carbonyl (C=O) groups is 1. The van der Waals surface area contributed by atoms with Gasteiger partial charge in [-0.3, -0.25) is 0 Å². The van der Waals surface area contributed by atoms with Crippen LogP contribution in [0.3, 0.4) is 0 Å². The molecule has 9 heavy (non-hydrogen) atoms. The topological polar surface area (TPSA) is 38.3 Å². The molecule has 1 aliphatic heterocycles. The van der Waals surface area contributed by atoms with Crippen LogP contribution in [-0.2, 0) is 9.53 Å². The van der Waals surface area contributed by atoms with Gasteiger partial charge in [0.05, 0.1) is 12.7 Å². The maximum absolute atomic E-state index is 9.97. The summed E-state index contributed by atoms with van der Waals surface area (Å²) in [6.07, 6.45) is 1.54. The van der Waals surface area contributed by atoms with Crippen molar-refractivity contribution < 1.29 is 9.53 Å².